The number of likely N-dealkylation sites (N-methyl/N-ethyl adjacent to an activating group) is 1. The summed E-state index contributed by atoms with van der Waals surface area (Å²) >= 11 is 0. The Hall–Kier alpha value is -2.14. The zero-order valence-corrected chi connectivity index (χ0v) is 15.7. The fourth-order valence-electron chi connectivity index (χ4n) is 3.97. The summed E-state index contributed by atoms with van der Waals surface area (Å²) in [5, 5.41) is 0. The molecule has 134 valence electrons. The number of nitrogens with zero attached hydrogens (tertiary/aromatic N) is 3. The van der Waals surface area contributed by atoms with Crippen LogP contribution in [0.15, 0.2) is 30.6 Å². The van der Waals surface area contributed by atoms with Crippen molar-refractivity contribution in [2.75, 3.05) is 13.7 Å². The Morgan fingerprint density at radius 2 is 2.16 bits per heavy atom. The highest BCUT2D eigenvalue weighted by Gasteiger charge is 2.36. The summed E-state index contributed by atoms with van der Waals surface area (Å²) < 4.78 is 8.13. The van der Waals surface area contributed by atoms with Gasteiger partial charge in [0, 0.05) is 49.0 Å². The first kappa shape index (κ1) is 17.7. The molecule has 0 bridgehead atoms. The van der Waals surface area contributed by atoms with E-state index in [4.69, 9.17) is 4.74 Å². The van der Waals surface area contributed by atoms with Gasteiger partial charge in [-0.1, -0.05) is 6.07 Å². The summed E-state index contributed by atoms with van der Waals surface area (Å²) in [5.41, 5.74) is 3.96. The lowest BCUT2D eigenvalue weighted by Crippen LogP contribution is -2.39. The maximum absolute atomic E-state index is 13.2. The van der Waals surface area contributed by atoms with E-state index >= 15 is 0 Å². The van der Waals surface area contributed by atoms with Crippen LogP contribution in [-0.4, -0.2) is 40.1 Å². The topological polar surface area (TPSA) is 47.4 Å². The largest absolute Gasteiger partial charge is 0.371 e. The Morgan fingerprint density at radius 3 is 2.76 bits per heavy atom. The molecule has 2 atom stereocenters. The summed E-state index contributed by atoms with van der Waals surface area (Å²) in [4.78, 5) is 19.2. The Labute approximate surface area is 149 Å². The SMILES string of the molecule is Cc1cc(C(=O)N(C)[C@H]2CCO[C@@H]2c2cccnc2)c(C)n1C(C)C. The maximum atomic E-state index is 13.2. The first-order valence-corrected chi connectivity index (χ1v) is 8.89. The summed E-state index contributed by atoms with van der Waals surface area (Å²) in [6, 6.07) is 6.29. The van der Waals surface area contributed by atoms with Gasteiger partial charge in [0.1, 0.15) is 6.10 Å². The smallest absolute Gasteiger partial charge is 0.255 e. The number of rotatable bonds is 4. The van der Waals surface area contributed by atoms with E-state index < -0.39 is 0 Å². The number of ether oxygens (including phenoxy) is 1. The van der Waals surface area contributed by atoms with Gasteiger partial charge < -0.3 is 14.2 Å². The molecule has 0 saturated carbocycles. The van der Waals surface area contributed by atoms with E-state index in [9.17, 15) is 4.79 Å². The first-order chi connectivity index (χ1) is 11.9. The Bertz CT molecular complexity index is 752. The van der Waals surface area contributed by atoms with Crippen LogP contribution in [-0.2, 0) is 4.74 Å². The molecule has 25 heavy (non-hydrogen) atoms. The standard InChI is InChI=1S/C20H27N3O2/c1-13(2)23-14(3)11-17(15(23)4)20(24)22(5)18-8-10-25-19(18)16-7-6-9-21-12-16/h6-7,9,11-13,18-19H,8,10H2,1-5H3/t18-,19+/m0/s1. The Balaban J connectivity index is 1.86. The molecule has 0 unspecified atom stereocenters. The van der Waals surface area contributed by atoms with Crippen molar-refractivity contribution in [3.63, 3.8) is 0 Å². The number of carbonyl (C=O) groups excluding carboxylic acids is 1. The van der Waals surface area contributed by atoms with Gasteiger partial charge in [-0.25, -0.2) is 0 Å². The molecule has 0 radical (unpaired) electrons. The van der Waals surface area contributed by atoms with Crippen molar-refractivity contribution < 1.29 is 9.53 Å². The molecule has 2 aromatic heterocycles. The minimum absolute atomic E-state index is 0.0267. The fourth-order valence-corrected chi connectivity index (χ4v) is 3.97. The van der Waals surface area contributed by atoms with Gasteiger partial charge in [-0.05, 0) is 46.2 Å². The fraction of sp³-hybridized carbons (Fsp3) is 0.500. The van der Waals surface area contributed by atoms with Gasteiger partial charge >= 0.3 is 0 Å². The van der Waals surface area contributed by atoms with Crippen molar-refractivity contribution in [2.24, 2.45) is 0 Å². The van der Waals surface area contributed by atoms with Gasteiger partial charge in [-0.3, -0.25) is 9.78 Å². The van der Waals surface area contributed by atoms with E-state index in [1.54, 1.807) is 6.20 Å². The van der Waals surface area contributed by atoms with E-state index in [2.05, 4.69) is 30.3 Å². The predicted octanol–water partition coefficient (Wildman–Crippen LogP) is 3.68. The molecule has 2 aromatic rings. The molecule has 1 aliphatic heterocycles. The average Bonchev–Trinajstić information content (AvgIpc) is 3.19. The molecule has 3 rings (SSSR count). The molecule has 3 heterocycles. The van der Waals surface area contributed by atoms with Crippen molar-refractivity contribution in [1.82, 2.24) is 14.5 Å². The van der Waals surface area contributed by atoms with Crippen molar-refractivity contribution in [3.8, 4) is 0 Å². The second-order valence-electron chi connectivity index (χ2n) is 7.10. The third-order valence-electron chi connectivity index (χ3n) is 5.12. The molecular formula is C20H27N3O2. The van der Waals surface area contributed by atoms with Crippen LogP contribution < -0.4 is 0 Å². The molecule has 1 aliphatic rings. The third kappa shape index (κ3) is 3.21. The summed E-state index contributed by atoms with van der Waals surface area (Å²) in [6.07, 6.45) is 4.30. The van der Waals surface area contributed by atoms with E-state index in [-0.39, 0.29) is 18.1 Å². The average molecular weight is 341 g/mol. The van der Waals surface area contributed by atoms with Crippen LogP contribution in [0, 0.1) is 13.8 Å². The van der Waals surface area contributed by atoms with Gasteiger partial charge in [0.05, 0.1) is 11.6 Å². The number of amides is 1. The highest BCUT2D eigenvalue weighted by atomic mass is 16.5. The highest BCUT2D eigenvalue weighted by molar-refractivity contribution is 5.95. The maximum Gasteiger partial charge on any atom is 0.255 e. The van der Waals surface area contributed by atoms with Crippen molar-refractivity contribution >= 4 is 5.91 Å². The van der Waals surface area contributed by atoms with E-state index in [0.717, 1.165) is 28.9 Å². The summed E-state index contributed by atoms with van der Waals surface area (Å²) in [6.45, 7) is 9.02. The molecule has 1 amide bonds. The number of pyridine rings is 1. The van der Waals surface area contributed by atoms with Crippen LogP contribution in [0.4, 0.5) is 0 Å². The third-order valence-corrected chi connectivity index (χ3v) is 5.12. The van der Waals surface area contributed by atoms with Crippen LogP contribution in [0.25, 0.3) is 0 Å². The molecule has 5 heteroatoms. The molecular weight excluding hydrogens is 314 g/mol. The molecule has 0 spiro atoms. The minimum Gasteiger partial charge on any atom is -0.371 e. The van der Waals surface area contributed by atoms with Crippen molar-refractivity contribution in [1.29, 1.82) is 0 Å². The number of hydrogen-bond acceptors (Lipinski definition) is 3. The normalized spacial score (nSPS) is 20.2. The minimum atomic E-state index is -0.115. The van der Waals surface area contributed by atoms with Crippen LogP contribution in [0.3, 0.4) is 0 Å². The van der Waals surface area contributed by atoms with E-state index in [1.165, 1.54) is 0 Å². The number of aryl methyl sites for hydroxylation is 1. The van der Waals surface area contributed by atoms with Crippen LogP contribution in [0.1, 0.15) is 59.7 Å². The monoisotopic (exact) mass is 341 g/mol. The summed E-state index contributed by atoms with van der Waals surface area (Å²) in [5.74, 6) is 0.0596. The van der Waals surface area contributed by atoms with Gasteiger partial charge in [-0.15, -0.1) is 0 Å². The van der Waals surface area contributed by atoms with Gasteiger partial charge in [-0.2, -0.15) is 0 Å². The molecule has 0 aliphatic carbocycles. The second-order valence-corrected chi connectivity index (χ2v) is 7.10. The van der Waals surface area contributed by atoms with Crippen molar-refractivity contribution in [3.05, 3.63) is 53.1 Å². The van der Waals surface area contributed by atoms with Crippen molar-refractivity contribution in [2.45, 2.75) is 52.3 Å². The number of aromatic nitrogens is 2. The van der Waals surface area contributed by atoms with Crippen LogP contribution in [0.2, 0.25) is 0 Å². The number of hydrogen-bond donors (Lipinski definition) is 0. The van der Waals surface area contributed by atoms with E-state index in [1.807, 2.05) is 43.3 Å². The predicted molar refractivity (Wildman–Crippen MR) is 97.7 cm³/mol. The summed E-state index contributed by atoms with van der Waals surface area (Å²) in [7, 11) is 1.88. The lowest BCUT2D eigenvalue weighted by atomic mass is 10.0. The zero-order valence-electron chi connectivity index (χ0n) is 15.7. The zero-order chi connectivity index (χ0) is 18.1. The van der Waals surface area contributed by atoms with Crippen LogP contribution in [0.5, 0.6) is 0 Å². The van der Waals surface area contributed by atoms with Gasteiger partial charge in [0.15, 0.2) is 0 Å². The van der Waals surface area contributed by atoms with E-state index in [0.29, 0.717) is 12.6 Å². The highest BCUT2D eigenvalue weighted by Crippen LogP contribution is 2.33. The Morgan fingerprint density at radius 1 is 1.40 bits per heavy atom. The lowest BCUT2D eigenvalue weighted by Gasteiger charge is -2.29. The number of carbonyl (C=O) groups is 1. The molecule has 1 saturated heterocycles. The Kier molecular flexibility index (Phi) is 4.95. The first-order valence-electron chi connectivity index (χ1n) is 8.89. The second kappa shape index (κ2) is 7.00. The van der Waals surface area contributed by atoms with Gasteiger partial charge in [0.25, 0.3) is 5.91 Å². The van der Waals surface area contributed by atoms with Gasteiger partial charge in [0.2, 0.25) is 0 Å². The van der Waals surface area contributed by atoms with Crippen LogP contribution >= 0.6 is 0 Å². The quantitative estimate of drug-likeness (QED) is 0.852. The lowest BCUT2D eigenvalue weighted by molar-refractivity contribution is 0.0514. The molecule has 5 nitrogen and oxygen atoms in total. The molecule has 0 N–H and O–H groups in total. The molecule has 1 fully saturated rings. The molecule has 0 aromatic carbocycles.